The van der Waals surface area contributed by atoms with Crippen molar-refractivity contribution in [2.45, 2.75) is 32.7 Å². The van der Waals surface area contributed by atoms with Gasteiger partial charge in [-0.2, -0.15) is 0 Å². The Morgan fingerprint density at radius 3 is 2.47 bits per heavy atom. The van der Waals surface area contributed by atoms with Crippen LogP contribution in [0.3, 0.4) is 0 Å². The molecule has 2 heterocycles. The van der Waals surface area contributed by atoms with Gasteiger partial charge in [0.15, 0.2) is 0 Å². The van der Waals surface area contributed by atoms with Crippen molar-refractivity contribution in [3.05, 3.63) is 59.5 Å². The third-order valence-corrected chi connectivity index (χ3v) is 6.39. The smallest absolute Gasteiger partial charge is 0.123 e. The van der Waals surface area contributed by atoms with Crippen LogP contribution in [0.5, 0.6) is 0 Å². The summed E-state index contributed by atoms with van der Waals surface area (Å²) in [6, 6.07) is 14.2. The van der Waals surface area contributed by atoms with E-state index in [1.807, 2.05) is 12.1 Å². The van der Waals surface area contributed by atoms with Crippen molar-refractivity contribution >= 4 is 10.9 Å². The minimum absolute atomic E-state index is 0.190. The van der Waals surface area contributed by atoms with Crippen LogP contribution in [-0.2, 0) is 0 Å². The van der Waals surface area contributed by atoms with Crippen molar-refractivity contribution in [2.24, 2.45) is 5.73 Å². The number of halogens is 1. The average molecular weight is 409 g/mol. The number of hydrogen-bond acceptors (Lipinski definition) is 3. The summed E-state index contributed by atoms with van der Waals surface area (Å²) in [6.07, 6.45) is 2.30. The Morgan fingerprint density at radius 2 is 1.77 bits per heavy atom. The normalized spacial score (nSPS) is 15.9. The van der Waals surface area contributed by atoms with Gasteiger partial charge >= 0.3 is 0 Å². The maximum atomic E-state index is 13.5. The van der Waals surface area contributed by atoms with Gasteiger partial charge in [0.25, 0.3) is 0 Å². The molecule has 4 nitrogen and oxygen atoms in total. The van der Waals surface area contributed by atoms with Gasteiger partial charge in [0.05, 0.1) is 0 Å². The van der Waals surface area contributed by atoms with Crippen LogP contribution in [0.25, 0.3) is 22.0 Å². The maximum absolute atomic E-state index is 13.5. The van der Waals surface area contributed by atoms with E-state index in [0.717, 1.165) is 51.1 Å². The number of nitrogens with two attached hydrogens (primary N) is 1. The molecule has 30 heavy (non-hydrogen) atoms. The first kappa shape index (κ1) is 21.0. The number of rotatable bonds is 7. The zero-order valence-corrected chi connectivity index (χ0v) is 18.1. The molecule has 1 saturated heterocycles. The second-order valence-corrected chi connectivity index (χ2v) is 8.47. The van der Waals surface area contributed by atoms with E-state index in [-0.39, 0.29) is 5.82 Å². The van der Waals surface area contributed by atoms with E-state index >= 15 is 0 Å². The summed E-state index contributed by atoms with van der Waals surface area (Å²) in [7, 11) is 0. The summed E-state index contributed by atoms with van der Waals surface area (Å²) in [6.45, 7) is 10.3. The predicted molar refractivity (Wildman–Crippen MR) is 123 cm³/mol. The molecule has 2 aromatic carbocycles. The molecule has 0 amide bonds. The lowest BCUT2D eigenvalue weighted by Crippen LogP contribution is -2.39. The van der Waals surface area contributed by atoms with Crippen molar-refractivity contribution in [3.63, 3.8) is 0 Å². The lowest BCUT2D eigenvalue weighted by Gasteiger charge is -2.34. The third-order valence-electron chi connectivity index (χ3n) is 6.39. The Bertz CT molecular complexity index is 985. The van der Waals surface area contributed by atoms with Crippen LogP contribution >= 0.6 is 0 Å². The van der Waals surface area contributed by atoms with E-state index in [0.29, 0.717) is 12.6 Å². The monoisotopic (exact) mass is 408 g/mol. The van der Waals surface area contributed by atoms with Crippen LogP contribution in [0.2, 0.25) is 0 Å². The molecule has 0 radical (unpaired) electrons. The number of piperidine rings is 1. The van der Waals surface area contributed by atoms with Crippen molar-refractivity contribution in [1.82, 2.24) is 14.8 Å². The molecule has 0 aliphatic carbocycles. The molecule has 160 valence electrons. The van der Waals surface area contributed by atoms with E-state index in [4.69, 9.17) is 5.73 Å². The number of benzene rings is 2. The molecule has 4 rings (SSSR count). The largest absolute Gasteiger partial charge is 0.341 e. The third kappa shape index (κ3) is 4.29. The fourth-order valence-electron chi connectivity index (χ4n) is 4.87. The Labute approximate surface area is 178 Å². The zero-order chi connectivity index (χ0) is 21.1. The van der Waals surface area contributed by atoms with E-state index in [1.54, 1.807) is 12.1 Å². The van der Waals surface area contributed by atoms with Crippen molar-refractivity contribution in [2.75, 3.05) is 39.3 Å². The number of nitrogens with one attached hydrogen (secondary N) is 1. The SMILES string of the molecule is Cc1ccc2c(c1)c(-c1ccc(F)cc1)c(C)n2C1CCN(CCNCCN)CC1. The van der Waals surface area contributed by atoms with Gasteiger partial charge in [-0.25, -0.2) is 4.39 Å². The molecule has 1 aromatic heterocycles. The highest BCUT2D eigenvalue weighted by Crippen LogP contribution is 2.39. The minimum atomic E-state index is -0.190. The summed E-state index contributed by atoms with van der Waals surface area (Å²) < 4.78 is 16.1. The van der Waals surface area contributed by atoms with Crippen LogP contribution in [-0.4, -0.2) is 48.7 Å². The molecule has 0 saturated carbocycles. The number of nitrogens with zero attached hydrogens (tertiary/aromatic N) is 2. The lowest BCUT2D eigenvalue weighted by atomic mass is 10.0. The average Bonchev–Trinajstić information content (AvgIpc) is 3.03. The molecule has 3 N–H and O–H groups in total. The Morgan fingerprint density at radius 1 is 1.03 bits per heavy atom. The number of aryl methyl sites for hydroxylation is 1. The van der Waals surface area contributed by atoms with Crippen LogP contribution in [0.1, 0.15) is 30.1 Å². The molecule has 1 fully saturated rings. The number of fused-ring (bicyclic) bond motifs is 1. The minimum Gasteiger partial charge on any atom is -0.341 e. The first-order valence-corrected chi connectivity index (χ1v) is 11.1. The van der Waals surface area contributed by atoms with Gasteiger partial charge < -0.3 is 20.5 Å². The van der Waals surface area contributed by atoms with E-state index in [2.05, 4.69) is 46.8 Å². The molecule has 0 unspecified atom stereocenters. The van der Waals surface area contributed by atoms with Gasteiger partial charge in [0.1, 0.15) is 5.82 Å². The molecule has 3 aromatic rings. The zero-order valence-electron chi connectivity index (χ0n) is 18.1. The van der Waals surface area contributed by atoms with Crippen LogP contribution in [0.15, 0.2) is 42.5 Å². The van der Waals surface area contributed by atoms with Gasteiger partial charge in [-0.1, -0.05) is 23.8 Å². The van der Waals surface area contributed by atoms with Crippen LogP contribution in [0, 0.1) is 19.7 Å². The van der Waals surface area contributed by atoms with Gasteiger partial charge in [-0.05, 0) is 56.5 Å². The highest BCUT2D eigenvalue weighted by atomic mass is 19.1. The van der Waals surface area contributed by atoms with Gasteiger partial charge in [-0.15, -0.1) is 0 Å². The van der Waals surface area contributed by atoms with Crippen molar-refractivity contribution in [1.29, 1.82) is 0 Å². The lowest BCUT2D eigenvalue weighted by molar-refractivity contribution is 0.188. The van der Waals surface area contributed by atoms with Gasteiger partial charge in [-0.3, -0.25) is 0 Å². The second kappa shape index (κ2) is 9.29. The van der Waals surface area contributed by atoms with E-state index in [1.165, 1.54) is 27.7 Å². The van der Waals surface area contributed by atoms with Crippen LogP contribution < -0.4 is 11.1 Å². The molecular weight excluding hydrogens is 375 g/mol. The molecule has 1 aliphatic heterocycles. The topological polar surface area (TPSA) is 46.2 Å². The summed E-state index contributed by atoms with van der Waals surface area (Å²) in [4.78, 5) is 2.55. The maximum Gasteiger partial charge on any atom is 0.123 e. The van der Waals surface area contributed by atoms with E-state index in [9.17, 15) is 4.39 Å². The molecule has 5 heteroatoms. The summed E-state index contributed by atoms with van der Waals surface area (Å²) >= 11 is 0. The fraction of sp³-hybridized carbons (Fsp3) is 0.440. The molecule has 0 spiro atoms. The Kier molecular flexibility index (Phi) is 6.52. The quantitative estimate of drug-likeness (QED) is 0.575. The predicted octanol–water partition coefficient (Wildman–Crippen LogP) is 4.25. The highest BCUT2D eigenvalue weighted by Gasteiger charge is 2.25. The first-order chi connectivity index (χ1) is 14.6. The molecule has 0 bridgehead atoms. The number of aromatic nitrogens is 1. The second-order valence-electron chi connectivity index (χ2n) is 8.47. The van der Waals surface area contributed by atoms with E-state index < -0.39 is 0 Å². The summed E-state index contributed by atoms with van der Waals surface area (Å²) in [5.74, 6) is -0.190. The summed E-state index contributed by atoms with van der Waals surface area (Å²) in [5, 5.41) is 4.66. The Hall–Kier alpha value is -2.21. The highest BCUT2D eigenvalue weighted by molar-refractivity contribution is 5.98. The Balaban J connectivity index is 1.61. The van der Waals surface area contributed by atoms with Crippen molar-refractivity contribution in [3.8, 4) is 11.1 Å². The number of hydrogen-bond donors (Lipinski definition) is 2. The van der Waals surface area contributed by atoms with Gasteiger partial charge in [0.2, 0.25) is 0 Å². The van der Waals surface area contributed by atoms with Gasteiger partial charge in [0, 0.05) is 67.5 Å². The number of likely N-dealkylation sites (tertiary alicyclic amines) is 1. The first-order valence-electron chi connectivity index (χ1n) is 11.1. The molecule has 0 atom stereocenters. The van der Waals surface area contributed by atoms with Crippen LogP contribution in [0.4, 0.5) is 4.39 Å². The molecule has 1 aliphatic rings. The standard InChI is InChI=1S/C25H33FN4/c1-18-3-8-24-23(17-18)25(20-4-6-21(26)7-5-20)19(2)30(24)22-9-14-29(15-10-22)16-13-28-12-11-27/h3-8,17,22,28H,9-16,27H2,1-2H3. The summed E-state index contributed by atoms with van der Waals surface area (Å²) in [5.41, 5.74) is 11.7. The fourth-order valence-corrected chi connectivity index (χ4v) is 4.87. The molecular formula is C25H33FN4. The van der Waals surface area contributed by atoms with Crippen molar-refractivity contribution < 1.29 is 4.39 Å².